The molecule has 2 unspecified atom stereocenters. The Balaban J connectivity index is 1.88. The molecule has 0 aromatic heterocycles. The number of halogens is 1. The largest absolute Gasteiger partial charge is 0.327 e. The number of rotatable bonds is 5. The minimum atomic E-state index is 0.373. The summed E-state index contributed by atoms with van der Waals surface area (Å²) in [5.41, 5.74) is 7.63. The molecule has 0 radical (unpaired) electrons. The highest BCUT2D eigenvalue weighted by Gasteiger charge is 2.24. The molecule has 106 valence electrons. The summed E-state index contributed by atoms with van der Waals surface area (Å²) in [4.78, 5) is 2.53. The molecule has 19 heavy (non-hydrogen) atoms. The first-order chi connectivity index (χ1) is 9.19. The molecule has 2 nitrogen and oxygen atoms in total. The van der Waals surface area contributed by atoms with Crippen LogP contribution in [-0.2, 0) is 6.54 Å². The molecule has 0 amide bonds. The summed E-state index contributed by atoms with van der Waals surface area (Å²) in [6.07, 6.45) is 4.91. The molecule has 1 aromatic carbocycles. The first-order valence-corrected chi connectivity index (χ1v) is 7.79. The second kappa shape index (κ2) is 7.28. The molecule has 0 spiro atoms. The summed E-state index contributed by atoms with van der Waals surface area (Å²) in [5.74, 6) is 0.668. The van der Waals surface area contributed by atoms with Crippen molar-refractivity contribution < 1.29 is 0 Å². The number of likely N-dealkylation sites (tertiary alicyclic amines) is 1. The second-order valence-corrected chi connectivity index (χ2v) is 6.15. The van der Waals surface area contributed by atoms with E-state index in [4.69, 9.17) is 17.3 Å². The Morgan fingerprint density at radius 3 is 2.79 bits per heavy atom. The monoisotopic (exact) mass is 280 g/mol. The van der Waals surface area contributed by atoms with Crippen LogP contribution in [0.25, 0.3) is 0 Å². The zero-order chi connectivity index (χ0) is 13.7. The molecule has 2 atom stereocenters. The molecule has 2 N–H and O–H groups in total. The maximum atomic E-state index is 6.29. The molecular formula is C16H25ClN2. The third-order valence-corrected chi connectivity index (χ3v) is 4.34. The maximum Gasteiger partial charge on any atom is 0.0406 e. The van der Waals surface area contributed by atoms with E-state index < -0.39 is 0 Å². The van der Waals surface area contributed by atoms with Gasteiger partial charge in [-0.1, -0.05) is 37.1 Å². The maximum absolute atomic E-state index is 6.29. The average molecular weight is 281 g/mol. The highest BCUT2D eigenvalue weighted by molar-refractivity contribution is 6.30. The van der Waals surface area contributed by atoms with Crippen LogP contribution in [0.15, 0.2) is 24.3 Å². The minimum absolute atomic E-state index is 0.373. The van der Waals surface area contributed by atoms with Gasteiger partial charge in [0.1, 0.15) is 0 Å². The zero-order valence-electron chi connectivity index (χ0n) is 11.8. The Labute approximate surface area is 121 Å². The molecule has 1 saturated heterocycles. The van der Waals surface area contributed by atoms with Crippen LogP contribution in [0, 0.1) is 5.92 Å². The predicted molar refractivity (Wildman–Crippen MR) is 82.3 cm³/mol. The van der Waals surface area contributed by atoms with Crippen LogP contribution in [0.2, 0.25) is 5.02 Å². The lowest BCUT2D eigenvalue weighted by molar-refractivity contribution is 0.148. The molecule has 1 heterocycles. The van der Waals surface area contributed by atoms with Crippen LogP contribution < -0.4 is 5.73 Å². The van der Waals surface area contributed by atoms with E-state index in [0.29, 0.717) is 12.0 Å². The van der Waals surface area contributed by atoms with Crippen molar-refractivity contribution in [1.29, 1.82) is 0 Å². The third kappa shape index (κ3) is 4.48. The van der Waals surface area contributed by atoms with E-state index in [0.717, 1.165) is 24.5 Å². The summed E-state index contributed by atoms with van der Waals surface area (Å²) in [7, 11) is 0. The van der Waals surface area contributed by atoms with E-state index in [1.165, 1.54) is 31.4 Å². The molecule has 1 aliphatic heterocycles. The molecule has 0 saturated carbocycles. The predicted octanol–water partition coefficient (Wildman–Crippen LogP) is 3.68. The SMILES string of the molecule is CCCC(N)C1CCCN(Cc2ccc(Cl)cc2)C1. The van der Waals surface area contributed by atoms with Crippen LogP contribution in [0.3, 0.4) is 0 Å². The zero-order valence-corrected chi connectivity index (χ0v) is 12.6. The molecule has 1 fully saturated rings. The van der Waals surface area contributed by atoms with Gasteiger partial charge in [0.15, 0.2) is 0 Å². The van der Waals surface area contributed by atoms with E-state index in [1.54, 1.807) is 0 Å². The molecule has 0 aliphatic carbocycles. The van der Waals surface area contributed by atoms with Gasteiger partial charge in [0.2, 0.25) is 0 Å². The lowest BCUT2D eigenvalue weighted by atomic mass is 9.88. The van der Waals surface area contributed by atoms with Crippen molar-refractivity contribution in [1.82, 2.24) is 4.90 Å². The van der Waals surface area contributed by atoms with E-state index in [2.05, 4.69) is 24.0 Å². The number of nitrogens with zero attached hydrogens (tertiary/aromatic N) is 1. The molecule has 3 heteroatoms. The van der Waals surface area contributed by atoms with Crippen molar-refractivity contribution in [3.05, 3.63) is 34.9 Å². The van der Waals surface area contributed by atoms with Crippen molar-refractivity contribution in [3.8, 4) is 0 Å². The van der Waals surface area contributed by atoms with Crippen LogP contribution in [0.4, 0.5) is 0 Å². The Morgan fingerprint density at radius 2 is 2.11 bits per heavy atom. The highest BCUT2D eigenvalue weighted by atomic mass is 35.5. The Morgan fingerprint density at radius 1 is 1.37 bits per heavy atom. The number of benzene rings is 1. The van der Waals surface area contributed by atoms with Gasteiger partial charge < -0.3 is 5.73 Å². The number of piperidine rings is 1. The minimum Gasteiger partial charge on any atom is -0.327 e. The van der Waals surface area contributed by atoms with Crippen molar-refractivity contribution >= 4 is 11.6 Å². The number of hydrogen-bond donors (Lipinski definition) is 1. The first kappa shape index (κ1) is 14.8. The highest BCUT2D eigenvalue weighted by Crippen LogP contribution is 2.22. The van der Waals surface area contributed by atoms with Crippen molar-refractivity contribution in [2.45, 2.75) is 45.2 Å². The van der Waals surface area contributed by atoms with E-state index in [-0.39, 0.29) is 0 Å². The van der Waals surface area contributed by atoms with Crippen LogP contribution in [-0.4, -0.2) is 24.0 Å². The van der Waals surface area contributed by atoms with Crippen LogP contribution >= 0.6 is 11.6 Å². The fraction of sp³-hybridized carbons (Fsp3) is 0.625. The smallest absolute Gasteiger partial charge is 0.0406 e. The van der Waals surface area contributed by atoms with Gasteiger partial charge in [0, 0.05) is 24.2 Å². The summed E-state index contributed by atoms with van der Waals surface area (Å²) >= 11 is 5.92. The Bertz CT molecular complexity index is 377. The quantitative estimate of drug-likeness (QED) is 0.891. The normalized spacial score (nSPS) is 22.4. The van der Waals surface area contributed by atoms with Crippen molar-refractivity contribution in [2.75, 3.05) is 13.1 Å². The van der Waals surface area contributed by atoms with E-state index >= 15 is 0 Å². The first-order valence-electron chi connectivity index (χ1n) is 7.41. The number of nitrogens with two attached hydrogens (primary N) is 1. The average Bonchev–Trinajstić information content (AvgIpc) is 2.42. The topological polar surface area (TPSA) is 29.3 Å². The lowest BCUT2D eigenvalue weighted by Gasteiger charge is -2.35. The van der Waals surface area contributed by atoms with Gasteiger partial charge in [0.25, 0.3) is 0 Å². The van der Waals surface area contributed by atoms with Crippen molar-refractivity contribution in [3.63, 3.8) is 0 Å². The molecule has 0 bridgehead atoms. The van der Waals surface area contributed by atoms with Gasteiger partial charge in [-0.25, -0.2) is 0 Å². The number of hydrogen-bond acceptors (Lipinski definition) is 2. The van der Waals surface area contributed by atoms with E-state index in [1.807, 2.05) is 12.1 Å². The summed E-state index contributed by atoms with van der Waals surface area (Å²) in [5, 5.41) is 0.810. The van der Waals surface area contributed by atoms with E-state index in [9.17, 15) is 0 Å². The second-order valence-electron chi connectivity index (χ2n) is 5.72. The standard InChI is InChI=1S/C16H25ClN2/c1-2-4-16(18)14-5-3-10-19(12-14)11-13-6-8-15(17)9-7-13/h6-9,14,16H,2-5,10-12,18H2,1H3. The summed E-state index contributed by atoms with van der Waals surface area (Å²) in [6, 6.07) is 8.57. The third-order valence-electron chi connectivity index (χ3n) is 4.09. The molecule has 2 rings (SSSR count). The van der Waals surface area contributed by atoms with Gasteiger partial charge in [-0.3, -0.25) is 4.90 Å². The molecule has 1 aliphatic rings. The lowest BCUT2D eigenvalue weighted by Crippen LogP contribution is -2.43. The van der Waals surface area contributed by atoms with Gasteiger partial charge >= 0.3 is 0 Å². The summed E-state index contributed by atoms with van der Waals surface area (Å²) in [6.45, 7) is 5.57. The van der Waals surface area contributed by atoms with Gasteiger partial charge in [-0.2, -0.15) is 0 Å². The van der Waals surface area contributed by atoms with Crippen LogP contribution in [0.1, 0.15) is 38.2 Å². The van der Waals surface area contributed by atoms with Gasteiger partial charge in [-0.15, -0.1) is 0 Å². The Kier molecular flexibility index (Phi) is 5.68. The fourth-order valence-electron chi connectivity index (χ4n) is 3.00. The van der Waals surface area contributed by atoms with Crippen LogP contribution in [0.5, 0.6) is 0 Å². The summed E-state index contributed by atoms with van der Waals surface area (Å²) < 4.78 is 0. The fourth-order valence-corrected chi connectivity index (χ4v) is 3.13. The van der Waals surface area contributed by atoms with Crippen molar-refractivity contribution in [2.24, 2.45) is 11.7 Å². The molecular weight excluding hydrogens is 256 g/mol. The molecule has 1 aromatic rings. The van der Waals surface area contributed by atoms with Gasteiger partial charge in [-0.05, 0) is 49.4 Å². The Hall–Kier alpha value is -0.570. The van der Waals surface area contributed by atoms with Gasteiger partial charge in [0.05, 0.1) is 0 Å².